The fraction of sp³-hybridized carbons (Fsp3) is 0.400. The van der Waals surface area contributed by atoms with Crippen molar-refractivity contribution in [1.82, 2.24) is 9.78 Å². The number of benzene rings is 1. The Hall–Kier alpha value is -1.36. The van der Waals surface area contributed by atoms with Crippen LogP contribution in [0.5, 0.6) is 5.75 Å². The van der Waals surface area contributed by atoms with Crippen molar-refractivity contribution in [2.24, 2.45) is 0 Å². The predicted octanol–water partition coefficient (Wildman–Crippen LogP) is 4.38. The number of hydrogen-bond acceptors (Lipinski definition) is 2. The molecule has 2 rings (SSSR count). The van der Waals surface area contributed by atoms with Gasteiger partial charge < -0.3 is 4.74 Å². The van der Waals surface area contributed by atoms with E-state index in [1.807, 2.05) is 36.5 Å². The van der Waals surface area contributed by atoms with Crippen LogP contribution in [0, 0.1) is 0 Å². The number of halogens is 2. The maximum Gasteiger partial charge on any atom is 0.128 e. The van der Waals surface area contributed by atoms with Crippen LogP contribution in [-0.4, -0.2) is 22.6 Å². The van der Waals surface area contributed by atoms with Crippen LogP contribution in [0.4, 0.5) is 4.39 Å². The van der Waals surface area contributed by atoms with Crippen LogP contribution in [0.1, 0.15) is 31.9 Å². The van der Waals surface area contributed by atoms with Gasteiger partial charge in [-0.25, -0.2) is 4.39 Å². The van der Waals surface area contributed by atoms with E-state index in [-0.39, 0.29) is 6.04 Å². The summed E-state index contributed by atoms with van der Waals surface area (Å²) in [6, 6.07) is 9.36. The number of methoxy groups -OCH3 is 1. The highest BCUT2D eigenvalue weighted by atomic mass is 79.9. The quantitative estimate of drug-likeness (QED) is 0.807. The van der Waals surface area contributed by atoms with Crippen molar-refractivity contribution in [3.8, 4) is 5.75 Å². The topological polar surface area (TPSA) is 27.1 Å². The van der Waals surface area contributed by atoms with E-state index in [2.05, 4.69) is 21.0 Å². The molecule has 0 radical (unpaired) electrons. The average molecular weight is 341 g/mol. The molecule has 0 N–H and O–H groups in total. The molecule has 0 saturated carbocycles. The van der Waals surface area contributed by atoms with Gasteiger partial charge in [0.1, 0.15) is 16.0 Å². The van der Waals surface area contributed by atoms with Crippen molar-refractivity contribution in [3.63, 3.8) is 0 Å². The first-order valence-corrected chi connectivity index (χ1v) is 7.22. The summed E-state index contributed by atoms with van der Waals surface area (Å²) >= 11 is 3.33. The number of hydrogen-bond donors (Lipinski definition) is 0. The van der Waals surface area contributed by atoms with Gasteiger partial charge in [-0.05, 0) is 53.5 Å². The van der Waals surface area contributed by atoms with Gasteiger partial charge in [0.2, 0.25) is 0 Å². The highest BCUT2D eigenvalue weighted by Crippen LogP contribution is 2.31. The normalized spacial score (nSPS) is 13.2. The number of alkyl halides is 1. The summed E-state index contributed by atoms with van der Waals surface area (Å²) in [7, 11) is 1.63. The first kappa shape index (κ1) is 15.0. The Morgan fingerprint density at radius 3 is 2.40 bits per heavy atom. The van der Waals surface area contributed by atoms with Crippen molar-refractivity contribution >= 4 is 15.9 Å². The molecule has 2 aromatic rings. The van der Waals surface area contributed by atoms with Gasteiger partial charge in [0.25, 0.3) is 0 Å². The Morgan fingerprint density at radius 2 is 1.95 bits per heavy atom. The smallest absolute Gasteiger partial charge is 0.128 e. The van der Waals surface area contributed by atoms with Gasteiger partial charge in [-0.2, -0.15) is 5.10 Å². The van der Waals surface area contributed by atoms with E-state index < -0.39 is 5.67 Å². The van der Waals surface area contributed by atoms with Crippen LogP contribution < -0.4 is 4.74 Å². The van der Waals surface area contributed by atoms with Gasteiger partial charge in [0.05, 0.1) is 13.2 Å². The van der Waals surface area contributed by atoms with Gasteiger partial charge in [0.15, 0.2) is 0 Å². The number of aromatic nitrogens is 2. The minimum atomic E-state index is -1.27. The highest BCUT2D eigenvalue weighted by molar-refractivity contribution is 9.10. The minimum Gasteiger partial charge on any atom is -0.497 e. The molecule has 0 aliphatic heterocycles. The number of nitrogens with zero attached hydrogens (tertiary/aromatic N) is 2. The molecule has 0 bridgehead atoms. The molecule has 0 aliphatic rings. The summed E-state index contributed by atoms with van der Waals surface area (Å²) in [5.74, 6) is 0.786. The highest BCUT2D eigenvalue weighted by Gasteiger charge is 2.25. The zero-order chi connectivity index (χ0) is 14.8. The Kier molecular flexibility index (Phi) is 4.48. The Balaban J connectivity index is 2.34. The third kappa shape index (κ3) is 3.82. The molecule has 0 saturated heterocycles. The van der Waals surface area contributed by atoms with Crippen LogP contribution in [-0.2, 0) is 0 Å². The Bertz CT molecular complexity index is 560. The molecule has 0 aliphatic carbocycles. The van der Waals surface area contributed by atoms with Crippen molar-refractivity contribution in [2.45, 2.75) is 32.0 Å². The van der Waals surface area contributed by atoms with Gasteiger partial charge in [-0.3, -0.25) is 4.68 Å². The van der Waals surface area contributed by atoms with Crippen molar-refractivity contribution < 1.29 is 9.13 Å². The lowest BCUT2D eigenvalue weighted by Crippen LogP contribution is -2.22. The monoisotopic (exact) mass is 340 g/mol. The van der Waals surface area contributed by atoms with E-state index in [1.54, 1.807) is 25.6 Å². The van der Waals surface area contributed by atoms with Crippen molar-refractivity contribution in [2.75, 3.05) is 7.11 Å². The number of rotatable bonds is 5. The molecule has 0 fully saturated rings. The fourth-order valence-electron chi connectivity index (χ4n) is 2.14. The second-order valence-corrected chi connectivity index (χ2v) is 6.14. The molecule has 108 valence electrons. The maximum atomic E-state index is 14.1. The lowest BCUT2D eigenvalue weighted by atomic mass is 9.95. The molecule has 1 atom stereocenters. The maximum absolute atomic E-state index is 14.1. The molecule has 3 nitrogen and oxygen atoms in total. The summed E-state index contributed by atoms with van der Waals surface area (Å²) in [5, 5.41) is 4.35. The first-order chi connectivity index (χ1) is 9.39. The average Bonchev–Trinajstić information content (AvgIpc) is 2.82. The molecule has 1 aromatic carbocycles. The standard InChI is InChI=1S/C15H18BrFN2O/c1-15(2,17)10-13(19-9-8-14(16)18-19)11-4-6-12(20-3)7-5-11/h4-9,13H,10H2,1-3H3. The van der Waals surface area contributed by atoms with Crippen molar-refractivity contribution in [1.29, 1.82) is 0 Å². The van der Waals surface area contributed by atoms with Gasteiger partial charge in [0, 0.05) is 12.6 Å². The first-order valence-electron chi connectivity index (χ1n) is 6.42. The fourth-order valence-corrected chi connectivity index (χ4v) is 2.44. The third-order valence-electron chi connectivity index (χ3n) is 3.07. The number of ether oxygens (including phenoxy) is 1. The second-order valence-electron chi connectivity index (χ2n) is 5.33. The van der Waals surface area contributed by atoms with E-state index in [4.69, 9.17) is 4.74 Å². The summed E-state index contributed by atoms with van der Waals surface area (Å²) in [5.41, 5.74) is -0.268. The Morgan fingerprint density at radius 1 is 1.30 bits per heavy atom. The molecule has 5 heteroatoms. The van der Waals surface area contributed by atoms with Crippen LogP contribution in [0.15, 0.2) is 41.1 Å². The SMILES string of the molecule is COc1ccc(C(CC(C)(C)F)n2ccc(Br)n2)cc1. The molecule has 20 heavy (non-hydrogen) atoms. The van der Waals surface area contributed by atoms with Gasteiger partial charge in [-0.1, -0.05) is 12.1 Å². The molecular weight excluding hydrogens is 323 g/mol. The lowest BCUT2D eigenvalue weighted by molar-refractivity contribution is 0.176. The zero-order valence-corrected chi connectivity index (χ0v) is 13.4. The summed E-state index contributed by atoms with van der Waals surface area (Å²) in [6.45, 7) is 3.17. The van der Waals surface area contributed by atoms with E-state index in [0.717, 1.165) is 15.9 Å². The lowest BCUT2D eigenvalue weighted by Gasteiger charge is -2.24. The molecule has 1 unspecified atom stereocenters. The largest absolute Gasteiger partial charge is 0.497 e. The molecule has 1 heterocycles. The summed E-state index contributed by atoms with van der Waals surface area (Å²) in [6.07, 6.45) is 2.21. The van der Waals surface area contributed by atoms with E-state index in [1.165, 1.54) is 0 Å². The van der Waals surface area contributed by atoms with Gasteiger partial charge >= 0.3 is 0 Å². The molecule has 1 aromatic heterocycles. The molecule has 0 amide bonds. The third-order valence-corrected chi connectivity index (χ3v) is 3.50. The summed E-state index contributed by atoms with van der Waals surface area (Å²) < 4.78 is 21.8. The van der Waals surface area contributed by atoms with Crippen molar-refractivity contribution in [3.05, 3.63) is 46.7 Å². The van der Waals surface area contributed by atoms with Gasteiger partial charge in [-0.15, -0.1) is 0 Å². The minimum absolute atomic E-state index is 0.146. The van der Waals surface area contributed by atoms with Crippen LogP contribution in [0.2, 0.25) is 0 Å². The predicted molar refractivity (Wildman–Crippen MR) is 80.9 cm³/mol. The van der Waals surface area contributed by atoms with E-state index >= 15 is 0 Å². The molecular formula is C15H18BrFN2O. The van der Waals surface area contributed by atoms with Crippen LogP contribution in [0.3, 0.4) is 0 Å². The van der Waals surface area contributed by atoms with Crippen LogP contribution in [0.25, 0.3) is 0 Å². The van der Waals surface area contributed by atoms with Crippen LogP contribution >= 0.6 is 15.9 Å². The van der Waals surface area contributed by atoms with E-state index in [9.17, 15) is 4.39 Å². The Labute approximate surface area is 126 Å². The zero-order valence-electron chi connectivity index (χ0n) is 11.8. The molecule has 0 spiro atoms. The second kappa shape index (κ2) is 5.95. The van der Waals surface area contributed by atoms with E-state index in [0.29, 0.717) is 6.42 Å². The summed E-state index contributed by atoms with van der Waals surface area (Å²) in [4.78, 5) is 0.